The number of rotatable bonds is 3. The molecule has 1 aliphatic carbocycles. The summed E-state index contributed by atoms with van der Waals surface area (Å²) in [5.41, 5.74) is 1.14. The summed E-state index contributed by atoms with van der Waals surface area (Å²) >= 11 is 0. The van der Waals surface area contributed by atoms with Gasteiger partial charge in [-0.15, -0.1) is 0 Å². The summed E-state index contributed by atoms with van der Waals surface area (Å²) in [4.78, 5) is 8.32. The Bertz CT molecular complexity index is 280. The van der Waals surface area contributed by atoms with Crippen LogP contribution in [0.5, 0.6) is 0 Å². The van der Waals surface area contributed by atoms with Crippen LogP contribution in [0.15, 0.2) is 18.6 Å². The van der Waals surface area contributed by atoms with Gasteiger partial charge in [0.2, 0.25) is 0 Å². The molecular weight excluding hydrogens is 186 g/mol. The molecule has 1 fully saturated rings. The molecule has 1 heterocycles. The van der Waals surface area contributed by atoms with Crippen molar-refractivity contribution in [1.82, 2.24) is 15.3 Å². The lowest BCUT2D eigenvalue weighted by molar-refractivity contribution is 0.277. The normalized spacial score (nSPS) is 20.1. The molecule has 15 heavy (non-hydrogen) atoms. The van der Waals surface area contributed by atoms with Gasteiger partial charge in [-0.25, -0.2) is 9.97 Å². The van der Waals surface area contributed by atoms with Gasteiger partial charge in [0.25, 0.3) is 0 Å². The van der Waals surface area contributed by atoms with Crippen molar-refractivity contribution in [3.63, 3.8) is 0 Å². The Balaban J connectivity index is 2.09. The molecule has 1 aliphatic rings. The first-order valence-electron chi connectivity index (χ1n) is 5.85. The Morgan fingerprint density at radius 2 is 2.13 bits per heavy atom. The van der Waals surface area contributed by atoms with Crippen LogP contribution in [-0.2, 0) is 0 Å². The Kier molecular flexibility index (Phi) is 3.67. The van der Waals surface area contributed by atoms with Gasteiger partial charge in [-0.1, -0.05) is 19.3 Å². The summed E-state index contributed by atoms with van der Waals surface area (Å²) in [5.74, 6) is 0.749. The van der Waals surface area contributed by atoms with E-state index in [1.807, 2.05) is 19.3 Å². The molecule has 3 nitrogen and oxygen atoms in total. The van der Waals surface area contributed by atoms with Crippen molar-refractivity contribution in [3.05, 3.63) is 24.3 Å². The van der Waals surface area contributed by atoms with Gasteiger partial charge in [0.05, 0.1) is 11.7 Å². The monoisotopic (exact) mass is 205 g/mol. The Morgan fingerprint density at radius 1 is 1.33 bits per heavy atom. The fourth-order valence-electron chi connectivity index (χ4n) is 2.58. The van der Waals surface area contributed by atoms with Gasteiger partial charge in [-0.3, -0.25) is 0 Å². The van der Waals surface area contributed by atoms with E-state index in [4.69, 9.17) is 0 Å². The zero-order valence-electron chi connectivity index (χ0n) is 9.32. The summed E-state index contributed by atoms with van der Waals surface area (Å²) in [6.07, 6.45) is 10.3. The standard InChI is InChI=1S/C12H19N3/c1-13-12(10-5-3-2-4-6-10)11-7-8-14-9-15-11/h7-10,12-13H,2-6H2,1H3. The van der Waals surface area contributed by atoms with E-state index in [2.05, 4.69) is 15.3 Å². The summed E-state index contributed by atoms with van der Waals surface area (Å²) < 4.78 is 0. The molecule has 0 aliphatic heterocycles. The molecule has 82 valence electrons. The van der Waals surface area contributed by atoms with E-state index in [0.29, 0.717) is 6.04 Å². The van der Waals surface area contributed by atoms with E-state index < -0.39 is 0 Å². The van der Waals surface area contributed by atoms with E-state index in [9.17, 15) is 0 Å². The maximum atomic E-state index is 4.35. The van der Waals surface area contributed by atoms with Crippen molar-refractivity contribution in [2.24, 2.45) is 5.92 Å². The first kappa shape index (κ1) is 10.6. The first-order valence-corrected chi connectivity index (χ1v) is 5.85. The summed E-state index contributed by atoms with van der Waals surface area (Å²) in [7, 11) is 2.03. The van der Waals surface area contributed by atoms with Crippen LogP contribution in [0.25, 0.3) is 0 Å². The number of hydrogen-bond acceptors (Lipinski definition) is 3. The van der Waals surface area contributed by atoms with E-state index in [1.165, 1.54) is 32.1 Å². The topological polar surface area (TPSA) is 37.8 Å². The van der Waals surface area contributed by atoms with Crippen LogP contribution in [0.2, 0.25) is 0 Å². The molecule has 0 amide bonds. The highest BCUT2D eigenvalue weighted by atomic mass is 14.9. The van der Waals surface area contributed by atoms with Gasteiger partial charge in [-0.2, -0.15) is 0 Å². The Hall–Kier alpha value is -0.960. The van der Waals surface area contributed by atoms with Gasteiger partial charge in [0.1, 0.15) is 6.33 Å². The quantitative estimate of drug-likeness (QED) is 0.823. The molecule has 0 saturated heterocycles. The van der Waals surface area contributed by atoms with Crippen molar-refractivity contribution in [1.29, 1.82) is 0 Å². The Morgan fingerprint density at radius 3 is 2.73 bits per heavy atom. The van der Waals surface area contributed by atoms with Gasteiger partial charge < -0.3 is 5.32 Å². The Labute approximate surface area is 91.3 Å². The van der Waals surface area contributed by atoms with Crippen molar-refractivity contribution in [2.45, 2.75) is 38.1 Å². The second-order valence-electron chi connectivity index (χ2n) is 4.30. The van der Waals surface area contributed by atoms with Gasteiger partial charge in [-0.05, 0) is 31.9 Å². The molecule has 1 aromatic heterocycles. The number of nitrogens with one attached hydrogen (secondary N) is 1. The maximum Gasteiger partial charge on any atom is 0.115 e. The van der Waals surface area contributed by atoms with Crippen LogP contribution in [0.3, 0.4) is 0 Å². The highest BCUT2D eigenvalue weighted by molar-refractivity contribution is 5.06. The zero-order valence-corrected chi connectivity index (χ0v) is 9.32. The van der Waals surface area contributed by atoms with Gasteiger partial charge in [0, 0.05) is 6.20 Å². The smallest absolute Gasteiger partial charge is 0.115 e. The molecule has 1 aromatic rings. The second-order valence-corrected chi connectivity index (χ2v) is 4.30. The summed E-state index contributed by atoms with van der Waals surface area (Å²) in [5, 5.41) is 3.40. The van der Waals surface area contributed by atoms with E-state index in [0.717, 1.165) is 11.6 Å². The molecular formula is C12H19N3. The third-order valence-corrected chi connectivity index (χ3v) is 3.36. The van der Waals surface area contributed by atoms with Crippen LogP contribution >= 0.6 is 0 Å². The average Bonchev–Trinajstić information content (AvgIpc) is 2.33. The van der Waals surface area contributed by atoms with E-state index in [-0.39, 0.29) is 0 Å². The van der Waals surface area contributed by atoms with Gasteiger partial charge in [0.15, 0.2) is 0 Å². The number of aromatic nitrogens is 2. The minimum absolute atomic E-state index is 0.410. The third kappa shape index (κ3) is 2.53. The van der Waals surface area contributed by atoms with Crippen molar-refractivity contribution >= 4 is 0 Å². The highest BCUT2D eigenvalue weighted by Crippen LogP contribution is 2.33. The molecule has 0 aromatic carbocycles. The second kappa shape index (κ2) is 5.21. The molecule has 0 radical (unpaired) electrons. The summed E-state index contributed by atoms with van der Waals surface area (Å²) in [6.45, 7) is 0. The molecule has 0 bridgehead atoms. The molecule has 1 N–H and O–H groups in total. The van der Waals surface area contributed by atoms with E-state index >= 15 is 0 Å². The molecule has 1 atom stereocenters. The molecule has 1 unspecified atom stereocenters. The number of hydrogen-bond donors (Lipinski definition) is 1. The van der Waals surface area contributed by atoms with Crippen molar-refractivity contribution in [3.8, 4) is 0 Å². The predicted molar refractivity (Wildman–Crippen MR) is 60.4 cm³/mol. The fourth-order valence-corrected chi connectivity index (χ4v) is 2.58. The van der Waals surface area contributed by atoms with Crippen LogP contribution in [0.4, 0.5) is 0 Å². The minimum atomic E-state index is 0.410. The SMILES string of the molecule is CNC(c1ccncn1)C1CCCCC1. The molecule has 0 spiro atoms. The fraction of sp³-hybridized carbons (Fsp3) is 0.667. The highest BCUT2D eigenvalue weighted by Gasteiger charge is 2.24. The predicted octanol–water partition coefficient (Wildman–Crippen LogP) is 2.32. The molecule has 1 saturated carbocycles. The van der Waals surface area contributed by atoms with Gasteiger partial charge >= 0.3 is 0 Å². The number of nitrogens with zero attached hydrogens (tertiary/aromatic N) is 2. The lowest BCUT2D eigenvalue weighted by Crippen LogP contribution is -2.27. The lowest BCUT2D eigenvalue weighted by atomic mass is 9.82. The lowest BCUT2D eigenvalue weighted by Gasteiger charge is -2.29. The van der Waals surface area contributed by atoms with E-state index in [1.54, 1.807) is 6.33 Å². The minimum Gasteiger partial charge on any atom is -0.311 e. The zero-order chi connectivity index (χ0) is 10.5. The maximum absolute atomic E-state index is 4.35. The van der Waals surface area contributed by atoms with Crippen molar-refractivity contribution in [2.75, 3.05) is 7.05 Å². The molecule has 2 rings (SSSR count). The van der Waals surface area contributed by atoms with Crippen LogP contribution in [-0.4, -0.2) is 17.0 Å². The van der Waals surface area contributed by atoms with Crippen LogP contribution in [0.1, 0.15) is 43.8 Å². The first-order chi connectivity index (χ1) is 7.42. The van der Waals surface area contributed by atoms with Crippen LogP contribution < -0.4 is 5.32 Å². The average molecular weight is 205 g/mol. The summed E-state index contributed by atoms with van der Waals surface area (Å²) in [6, 6.07) is 2.43. The van der Waals surface area contributed by atoms with Crippen molar-refractivity contribution < 1.29 is 0 Å². The largest absolute Gasteiger partial charge is 0.311 e. The third-order valence-electron chi connectivity index (χ3n) is 3.36. The molecule has 3 heteroatoms. The van der Waals surface area contributed by atoms with Crippen LogP contribution in [0, 0.1) is 5.92 Å².